The van der Waals surface area contributed by atoms with Gasteiger partial charge in [0.15, 0.2) is 0 Å². The zero-order valence-electron chi connectivity index (χ0n) is 33.6. The van der Waals surface area contributed by atoms with Crippen molar-refractivity contribution in [3.8, 4) is 73.0 Å². The van der Waals surface area contributed by atoms with Crippen LogP contribution in [0.4, 0.5) is 0 Å². The van der Waals surface area contributed by atoms with Crippen LogP contribution in [0, 0.1) is 0 Å². The number of hydrogen-bond acceptors (Lipinski definition) is 3. The minimum atomic E-state index is 0.859. The molecular formula is C58H37N3O. The number of rotatable bonds is 7. The molecule has 12 rings (SSSR count). The topological polar surface area (TPSA) is 43.9 Å². The fourth-order valence-corrected chi connectivity index (χ4v) is 9.07. The number of fused-ring (bicyclic) bond motifs is 7. The quantitative estimate of drug-likeness (QED) is 0.161. The van der Waals surface area contributed by atoms with Crippen molar-refractivity contribution in [1.29, 1.82) is 0 Å². The predicted octanol–water partition coefficient (Wildman–Crippen LogP) is 15.5. The average molecular weight is 792 g/mol. The van der Waals surface area contributed by atoms with Crippen LogP contribution in [0.5, 0.6) is 0 Å². The van der Waals surface area contributed by atoms with Crippen LogP contribution in [-0.2, 0) is 0 Å². The largest absolute Gasteiger partial charge is 0.456 e. The minimum absolute atomic E-state index is 0.859. The lowest BCUT2D eigenvalue weighted by molar-refractivity contribution is 0.669. The van der Waals surface area contributed by atoms with Crippen LogP contribution in [0.1, 0.15) is 0 Å². The van der Waals surface area contributed by atoms with Crippen LogP contribution in [0.2, 0.25) is 0 Å². The van der Waals surface area contributed by atoms with E-state index in [0.717, 1.165) is 106 Å². The molecule has 4 heteroatoms. The molecule has 4 nitrogen and oxygen atoms in total. The van der Waals surface area contributed by atoms with E-state index in [1.165, 1.54) is 10.8 Å². The molecule has 0 unspecified atom stereocenters. The van der Waals surface area contributed by atoms with E-state index in [1.54, 1.807) is 0 Å². The Hall–Kier alpha value is -8.34. The average Bonchev–Trinajstić information content (AvgIpc) is 3.90. The molecule has 0 bridgehead atoms. The van der Waals surface area contributed by atoms with Gasteiger partial charge in [-0.05, 0) is 77.4 Å². The Bertz CT molecular complexity index is 3490. The molecule has 0 saturated carbocycles. The molecule has 0 aliphatic rings. The van der Waals surface area contributed by atoms with Gasteiger partial charge in [0.05, 0.1) is 44.9 Å². The maximum Gasteiger partial charge on any atom is 0.137 e. The molecule has 0 spiro atoms. The Kier molecular flexibility index (Phi) is 8.46. The van der Waals surface area contributed by atoms with Gasteiger partial charge in [0, 0.05) is 44.0 Å². The summed E-state index contributed by atoms with van der Waals surface area (Å²) in [5, 5.41) is 4.54. The first-order valence-corrected chi connectivity index (χ1v) is 21.0. The summed E-state index contributed by atoms with van der Waals surface area (Å²) in [5.41, 5.74) is 17.2. The van der Waals surface area contributed by atoms with E-state index in [2.05, 4.69) is 217 Å². The molecule has 0 fully saturated rings. The monoisotopic (exact) mass is 791 g/mol. The Balaban J connectivity index is 1.19. The number of furan rings is 1. The number of hydrogen-bond donors (Lipinski definition) is 0. The second kappa shape index (κ2) is 14.7. The van der Waals surface area contributed by atoms with Crippen molar-refractivity contribution in [3.63, 3.8) is 0 Å². The molecule has 4 heterocycles. The van der Waals surface area contributed by atoms with E-state index in [9.17, 15) is 0 Å². The molecular weight excluding hydrogens is 755 g/mol. The van der Waals surface area contributed by atoms with Crippen LogP contribution in [0.3, 0.4) is 0 Å². The normalized spacial score (nSPS) is 11.5. The summed E-state index contributed by atoms with van der Waals surface area (Å²) in [6.45, 7) is 0. The highest BCUT2D eigenvalue weighted by Crippen LogP contribution is 2.44. The van der Waals surface area contributed by atoms with Crippen molar-refractivity contribution in [1.82, 2.24) is 14.5 Å². The third kappa shape index (κ3) is 6.08. The maximum absolute atomic E-state index is 6.53. The van der Waals surface area contributed by atoms with Gasteiger partial charge < -0.3 is 8.98 Å². The smallest absolute Gasteiger partial charge is 0.137 e. The summed E-state index contributed by atoms with van der Waals surface area (Å²) >= 11 is 0. The molecule has 0 radical (unpaired) electrons. The van der Waals surface area contributed by atoms with Gasteiger partial charge in [-0.2, -0.15) is 0 Å². The Morgan fingerprint density at radius 2 is 0.823 bits per heavy atom. The Morgan fingerprint density at radius 1 is 0.323 bits per heavy atom. The van der Waals surface area contributed by atoms with Crippen LogP contribution < -0.4 is 0 Å². The summed E-state index contributed by atoms with van der Waals surface area (Å²) in [7, 11) is 0. The van der Waals surface area contributed by atoms with Gasteiger partial charge in [-0.15, -0.1) is 0 Å². The third-order valence-corrected chi connectivity index (χ3v) is 12.0. The van der Waals surface area contributed by atoms with Crippen molar-refractivity contribution in [2.24, 2.45) is 0 Å². The summed E-state index contributed by atoms with van der Waals surface area (Å²) in [6.07, 6.45) is 0. The molecule has 0 amide bonds. The maximum atomic E-state index is 6.53. The molecule has 290 valence electrons. The van der Waals surface area contributed by atoms with Gasteiger partial charge in [-0.1, -0.05) is 164 Å². The molecule has 0 N–H and O–H groups in total. The SMILES string of the molecule is c1ccc(-c2cc(-c3ccccc3)nc(-c3ccc(-n4c5ccccc5c5ccc6oc7ccccc7c6c54)c(-c4cc(-c5ccccc5)nc(-c5ccccc5)c4)c3)c2)cc1. The molecule has 62 heavy (non-hydrogen) atoms. The van der Waals surface area contributed by atoms with E-state index >= 15 is 0 Å². The fraction of sp³-hybridized carbons (Fsp3) is 0. The lowest BCUT2D eigenvalue weighted by Gasteiger charge is -2.18. The zero-order valence-corrected chi connectivity index (χ0v) is 33.6. The van der Waals surface area contributed by atoms with Crippen molar-refractivity contribution in [3.05, 3.63) is 224 Å². The van der Waals surface area contributed by atoms with E-state index in [1.807, 2.05) is 12.1 Å². The van der Waals surface area contributed by atoms with Crippen LogP contribution in [-0.4, -0.2) is 14.5 Å². The number of aromatic nitrogens is 3. The summed E-state index contributed by atoms with van der Waals surface area (Å²) in [4.78, 5) is 10.7. The number of pyridine rings is 2. The van der Waals surface area contributed by atoms with E-state index in [0.29, 0.717) is 0 Å². The first kappa shape index (κ1) is 35.6. The van der Waals surface area contributed by atoms with Gasteiger partial charge in [0.2, 0.25) is 0 Å². The highest BCUT2D eigenvalue weighted by atomic mass is 16.3. The Morgan fingerprint density at radius 3 is 1.44 bits per heavy atom. The molecule has 0 atom stereocenters. The molecule has 0 aliphatic heterocycles. The molecule has 12 aromatic rings. The van der Waals surface area contributed by atoms with Gasteiger partial charge in [-0.3, -0.25) is 0 Å². The van der Waals surface area contributed by atoms with E-state index in [4.69, 9.17) is 14.4 Å². The standard InChI is InChI=1S/C58H37N3O/c1-5-17-38(18-6-1)43-34-49(39-19-7-2-8-20-39)60-52(35-43)42-29-31-54(48(33-42)44-36-50(40-21-9-3-10-22-40)59-51(37-44)41-23-11-4-12-24-41)61-53-27-15-13-25-45(53)46-30-32-56-57(58(46)61)47-26-14-16-28-55(47)62-56/h1-37H. The van der Waals surface area contributed by atoms with Crippen LogP contribution >= 0.6 is 0 Å². The van der Waals surface area contributed by atoms with Crippen molar-refractivity contribution < 1.29 is 4.42 Å². The lowest BCUT2D eigenvalue weighted by atomic mass is 9.95. The molecule has 0 saturated heterocycles. The first-order valence-electron chi connectivity index (χ1n) is 21.0. The second-order valence-corrected chi connectivity index (χ2v) is 15.7. The van der Waals surface area contributed by atoms with Gasteiger partial charge in [0.1, 0.15) is 11.2 Å². The second-order valence-electron chi connectivity index (χ2n) is 15.7. The van der Waals surface area contributed by atoms with Gasteiger partial charge >= 0.3 is 0 Å². The van der Waals surface area contributed by atoms with Crippen molar-refractivity contribution >= 4 is 43.7 Å². The minimum Gasteiger partial charge on any atom is -0.456 e. The molecule has 8 aromatic carbocycles. The van der Waals surface area contributed by atoms with E-state index < -0.39 is 0 Å². The fourth-order valence-electron chi connectivity index (χ4n) is 9.07. The van der Waals surface area contributed by atoms with Crippen molar-refractivity contribution in [2.75, 3.05) is 0 Å². The number of benzene rings is 8. The molecule has 0 aliphatic carbocycles. The summed E-state index contributed by atoms with van der Waals surface area (Å²) in [6, 6.07) is 79.1. The van der Waals surface area contributed by atoms with Gasteiger partial charge in [0.25, 0.3) is 0 Å². The summed E-state index contributed by atoms with van der Waals surface area (Å²) < 4.78 is 8.98. The highest BCUT2D eigenvalue weighted by molar-refractivity contribution is 6.24. The molecule has 4 aromatic heterocycles. The summed E-state index contributed by atoms with van der Waals surface area (Å²) in [5.74, 6) is 0. The van der Waals surface area contributed by atoms with Crippen LogP contribution in [0.15, 0.2) is 229 Å². The van der Waals surface area contributed by atoms with Gasteiger partial charge in [-0.25, -0.2) is 9.97 Å². The lowest BCUT2D eigenvalue weighted by Crippen LogP contribution is -2.00. The van der Waals surface area contributed by atoms with E-state index in [-0.39, 0.29) is 0 Å². The highest BCUT2D eigenvalue weighted by Gasteiger charge is 2.22. The number of nitrogens with zero attached hydrogens (tertiary/aromatic N) is 3. The zero-order chi connectivity index (χ0) is 41.0. The van der Waals surface area contributed by atoms with Crippen molar-refractivity contribution in [2.45, 2.75) is 0 Å². The van der Waals surface area contributed by atoms with Crippen LogP contribution in [0.25, 0.3) is 117 Å². The first-order chi connectivity index (χ1) is 30.7. The predicted molar refractivity (Wildman–Crippen MR) is 256 cm³/mol. The number of para-hydroxylation sites is 2. The Labute approximate surface area is 358 Å². The third-order valence-electron chi connectivity index (χ3n) is 12.0.